The summed E-state index contributed by atoms with van der Waals surface area (Å²) in [5.74, 6) is 2.39. The molecule has 0 aliphatic carbocycles. The Balaban J connectivity index is 1.48. The van der Waals surface area contributed by atoms with E-state index in [0.717, 1.165) is 43.0 Å². The van der Waals surface area contributed by atoms with Crippen LogP contribution >= 0.6 is 23.2 Å². The van der Waals surface area contributed by atoms with Crippen LogP contribution in [0.1, 0.15) is 31.2 Å². The molecule has 160 valence electrons. The second-order valence-electron chi connectivity index (χ2n) is 7.64. The molecule has 0 atom stereocenters. The van der Waals surface area contributed by atoms with Crippen molar-refractivity contribution in [1.82, 2.24) is 14.2 Å². The van der Waals surface area contributed by atoms with Crippen LogP contribution in [0.4, 0.5) is 0 Å². The van der Waals surface area contributed by atoms with Crippen molar-refractivity contribution in [2.75, 3.05) is 6.61 Å². The Morgan fingerprint density at radius 2 is 1.87 bits per heavy atom. The first-order valence-electron chi connectivity index (χ1n) is 10.5. The van der Waals surface area contributed by atoms with Crippen LogP contribution in [0, 0.1) is 0 Å². The largest absolute Gasteiger partial charge is 0.494 e. The fraction of sp³-hybridized carbons (Fsp3) is 0.292. The molecule has 1 aliphatic heterocycles. The van der Waals surface area contributed by atoms with Crippen molar-refractivity contribution in [3.05, 3.63) is 70.1 Å². The van der Waals surface area contributed by atoms with Crippen molar-refractivity contribution in [3.8, 4) is 22.6 Å². The number of halogens is 2. The van der Waals surface area contributed by atoms with Gasteiger partial charge >= 0.3 is 0 Å². The van der Waals surface area contributed by atoms with Crippen LogP contribution in [0.2, 0.25) is 10.0 Å². The predicted molar refractivity (Wildman–Crippen MR) is 124 cm³/mol. The summed E-state index contributed by atoms with van der Waals surface area (Å²) < 4.78 is 15.8. The van der Waals surface area contributed by atoms with Gasteiger partial charge in [0.15, 0.2) is 5.82 Å². The van der Waals surface area contributed by atoms with Gasteiger partial charge in [-0.25, -0.2) is 4.52 Å². The number of rotatable bonds is 6. The highest BCUT2D eigenvalue weighted by Gasteiger charge is 2.22. The first-order valence-corrected chi connectivity index (χ1v) is 11.3. The van der Waals surface area contributed by atoms with Gasteiger partial charge in [0.05, 0.1) is 11.6 Å². The Morgan fingerprint density at radius 1 is 1.03 bits per heavy atom. The predicted octanol–water partition coefficient (Wildman–Crippen LogP) is 6.42. The van der Waals surface area contributed by atoms with E-state index in [1.165, 1.54) is 16.7 Å². The summed E-state index contributed by atoms with van der Waals surface area (Å²) in [5, 5.41) is 5.93. The van der Waals surface area contributed by atoms with E-state index < -0.39 is 0 Å². The first kappa shape index (κ1) is 20.3. The van der Waals surface area contributed by atoms with Gasteiger partial charge < -0.3 is 14.0 Å². The molecular weight excluding hydrogens is 433 g/mol. The van der Waals surface area contributed by atoms with Gasteiger partial charge in [-0.1, -0.05) is 35.3 Å². The molecule has 0 fully saturated rings. The summed E-state index contributed by atoms with van der Waals surface area (Å²) in [6, 6.07) is 13.6. The molecule has 0 unspecified atom stereocenters. The Kier molecular flexibility index (Phi) is 5.55. The highest BCUT2D eigenvalue weighted by molar-refractivity contribution is 6.35. The topological polar surface area (TPSA) is 40.7 Å². The maximum atomic E-state index is 6.26. The lowest BCUT2D eigenvalue weighted by atomic mass is 10.0. The monoisotopic (exact) mass is 455 g/mol. The average molecular weight is 456 g/mol. The molecule has 2 aromatic heterocycles. The zero-order valence-corrected chi connectivity index (χ0v) is 18.8. The molecule has 0 N–H and O–H groups in total. The van der Waals surface area contributed by atoms with E-state index in [2.05, 4.69) is 22.9 Å². The van der Waals surface area contributed by atoms with Gasteiger partial charge in [0.1, 0.15) is 23.8 Å². The van der Waals surface area contributed by atoms with Gasteiger partial charge in [-0.3, -0.25) is 0 Å². The van der Waals surface area contributed by atoms with E-state index in [1.807, 2.05) is 23.6 Å². The van der Waals surface area contributed by atoms with E-state index >= 15 is 0 Å². The van der Waals surface area contributed by atoms with E-state index in [4.69, 9.17) is 37.8 Å². The Morgan fingerprint density at radius 3 is 2.65 bits per heavy atom. The fourth-order valence-electron chi connectivity index (χ4n) is 4.22. The lowest BCUT2D eigenvalue weighted by molar-refractivity contribution is 0.289. The maximum Gasteiger partial charge on any atom is 0.169 e. The van der Waals surface area contributed by atoms with Crippen molar-refractivity contribution >= 4 is 28.8 Å². The molecule has 0 saturated heterocycles. The minimum absolute atomic E-state index is 0.348. The number of benzene rings is 2. The van der Waals surface area contributed by atoms with E-state index in [0.29, 0.717) is 29.0 Å². The number of aromatic nitrogens is 3. The molecule has 5 nitrogen and oxygen atoms in total. The quantitative estimate of drug-likeness (QED) is 0.336. The van der Waals surface area contributed by atoms with Crippen molar-refractivity contribution < 1.29 is 9.47 Å². The van der Waals surface area contributed by atoms with Crippen LogP contribution in [0.25, 0.3) is 16.8 Å². The number of aryl methyl sites for hydroxylation is 2. The van der Waals surface area contributed by atoms with Crippen molar-refractivity contribution in [2.24, 2.45) is 0 Å². The summed E-state index contributed by atoms with van der Waals surface area (Å²) in [5.41, 5.74) is 4.91. The summed E-state index contributed by atoms with van der Waals surface area (Å²) in [6.07, 6.45) is 5.42. The molecule has 4 aromatic rings. The number of nitrogens with zero attached hydrogens (tertiary/aromatic N) is 3. The van der Waals surface area contributed by atoms with E-state index in [-0.39, 0.29) is 0 Å². The van der Waals surface area contributed by atoms with Crippen LogP contribution in [0.15, 0.2) is 48.7 Å². The molecule has 0 amide bonds. The molecule has 0 saturated carbocycles. The number of ether oxygens (including phenoxy) is 2. The van der Waals surface area contributed by atoms with Crippen LogP contribution in [0.5, 0.6) is 11.5 Å². The molecule has 1 aliphatic rings. The Bertz CT molecular complexity index is 1230. The number of hydrogen-bond acceptors (Lipinski definition) is 3. The molecular formula is C24H23Cl2N3O2. The molecule has 0 bridgehead atoms. The highest BCUT2D eigenvalue weighted by Crippen LogP contribution is 2.34. The van der Waals surface area contributed by atoms with Gasteiger partial charge in [-0.15, -0.1) is 5.10 Å². The second kappa shape index (κ2) is 8.48. The van der Waals surface area contributed by atoms with Gasteiger partial charge in [0, 0.05) is 28.9 Å². The first-order chi connectivity index (χ1) is 15.1. The van der Waals surface area contributed by atoms with Crippen molar-refractivity contribution in [3.63, 3.8) is 0 Å². The summed E-state index contributed by atoms with van der Waals surface area (Å²) in [4.78, 5) is 0. The van der Waals surface area contributed by atoms with E-state index in [9.17, 15) is 0 Å². The minimum atomic E-state index is 0.348. The van der Waals surface area contributed by atoms with Crippen LogP contribution in [0.3, 0.4) is 0 Å². The lowest BCUT2D eigenvalue weighted by Crippen LogP contribution is -2.07. The van der Waals surface area contributed by atoms with Crippen LogP contribution < -0.4 is 9.47 Å². The fourth-order valence-corrected chi connectivity index (χ4v) is 4.69. The number of hydrogen-bond donors (Lipinski definition) is 0. The molecule has 3 heterocycles. The standard InChI is InChI=1S/C24H23Cl2N3O2/c1-2-30-18-9-6-16(7-10-18)20-14-29-24-19(20)5-3-4-12-28(24)23(27-29)15-31-22-11-8-17(25)13-21(22)26/h6-11,13-14H,2-5,12,15H2,1H3. The lowest BCUT2D eigenvalue weighted by Gasteiger charge is -2.10. The third-order valence-electron chi connectivity index (χ3n) is 5.64. The smallest absolute Gasteiger partial charge is 0.169 e. The molecule has 5 rings (SSSR count). The van der Waals surface area contributed by atoms with Crippen LogP contribution in [-0.4, -0.2) is 20.8 Å². The summed E-state index contributed by atoms with van der Waals surface area (Å²) in [7, 11) is 0. The summed E-state index contributed by atoms with van der Waals surface area (Å²) in [6.45, 7) is 3.94. The Labute approximate surface area is 191 Å². The Hall–Kier alpha value is -2.63. The van der Waals surface area contributed by atoms with E-state index in [1.54, 1.807) is 18.2 Å². The van der Waals surface area contributed by atoms with Gasteiger partial charge in [-0.05, 0) is 62.1 Å². The van der Waals surface area contributed by atoms with Crippen molar-refractivity contribution in [1.29, 1.82) is 0 Å². The maximum absolute atomic E-state index is 6.26. The SMILES string of the molecule is CCOc1ccc(-c2cn3nc(COc4ccc(Cl)cc4Cl)n4c3c2CCCC4)cc1. The molecule has 0 radical (unpaired) electrons. The molecule has 31 heavy (non-hydrogen) atoms. The third kappa shape index (κ3) is 3.88. The van der Waals surface area contributed by atoms with Crippen LogP contribution in [-0.2, 0) is 19.6 Å². The summed E-state index contributed by atoms with van der Waals surface area (Å²) >= 11 is 12.2. The van der Waals surface area contributed by atoms with Gasteiger partial charge in [0.25, 0.3) is 0 Å². The molecule has 2 aromatic carbocycles. The normalized spacial score (nSPS) is 13.4. The third-order valence-corrected chi connectivity index (χ3v) is 6.17. The van der Waals surface area contributed by atoms with Crippen molar-refractivity contribution in [2.45, 2.75) is 39.3 Å². The molecule has 0 spiro atoms. The second-order valence-corrected chi connectivity index (χ2v) is 8.48. The molecule has 7 heteroatoms. The zero-order valence-electron chi connectivity index (χ0n) is 17.3. The van der Waals surface area contributed by atoms with Gasteiger partial charge in [0.2, 0.25) is 0 Å². The highest BCUT2D eigenvalue weighted by atomic mass is 35.5. The minimum Gasteiger partial charge on any atom is -0.494 e. The average Bonchev–Trinajstić information content (AvgIpc) is 3.17. The van der Waals surface area contributed by atoms with Gasteiger partial charge in [-0.2, -0.15) is 0 Å². The zero-order chi connectivity index (χ0) is 21.4.